The normalized spacial score (nSPS) is 13.7. The van der Waals surface area contributed by atoms with Crippen LogP contribution in [-0.4, -0.2) is 37.3 Å². The predicted molar refractivity (Wildman–Crippen MR) is 80.4 cm³/mol. The maximum Gasteiger partial charge on any atom is 0.401 e. The van der Waals surface area contributed by atoms with Gasteiger partial charge in [0.25, 0.3) is 0 Å². The second kappa shape index (κ2) is 8.39. The zero-order valence-corrected chi connectivity index (χ0v) is 13.0. The molecule has 5 heteroatoms. The van der Waals surface area contributed by atoms with Crippen LogP contribution in [0.25, 0.3) is 0 Å². The summed E-state index contributed by atoms with van der Waals surface area (Å²) < 4.78 is 37.8. The Balaban J connectivity index is 2.78. The summed E-state index contributed by atoms with van der Waals surface area (Å²) in [6.45, 7) is 6.49. The number of nitrogens with zero attached hydrogens (tertiary/aromatic N) is 1. The van der Waals surface area contributed by atoms with Crippen LogP contribution in [0.5, 0.6) is 0 Å². The van der Waals surface area contributed by atoms with Gasteiger partial charge >= 0.3 is 6.18 Å². The van der Waals surface area contributed by atoms with Gasteiger partial charge in [-0.15, -0.1) is 0 Å². The zero-order valence-electron chi connectivity index (χ0n) is 13.0. The van der Waals surface area contributed by atoms with Gasteiger partial charge in [-0.05, 0) is 32.0 Å². The average molecular weight is 302 g/mol. The first-order valence-electron chi connectivity index (χ1n) is 7.44. The number of rotatable bonds is 8. The quantitative estimate of drug-likeness (QED) is 0.783. The third kappa shape index (κ3) is 6.96. The van der Waals surface area contributed by atoms with Gasteiger partial charge in [0.2, 0.25) is 0 Å². The molecule has 1 aromatic rings. The van der Waals surface area contributed by atoms with Crippen LogP contribution < -0.4 is 5.32 Å². The Hall–Kier alpha value is -1.07. The number of aryl methyl sites for hydroxylation is 1. The van der Waals surface area contributed by atoms with Gasteiger partial charge < -0.3 is 5.32 Å². The molecule has 0 aliphatic rings. The highest BCUT2D eigenvalue weighted by Gasteiger charge is 2.31. The van der Waals surface area contributed by atoms with Crippen LogP contribution in [0.1, 0.15) is 37.4 Å². The molecule has 120 valence electrons. The Morgan fingerprint density at radius 1 is 1.14 bits per heavy atom. The van der Waals surface area contributed by atoms with E-state index in [0.29, 0.717) is 13.1 Å². The fourth-order valence-electron chi connectivity index (χ4n) is 2.22. The number of alkyl halides is 3. The highest BCUT2D eigenvalue weighted by Crippen LogP contribution is 2.20. The topological polar surface area (TPSA) is 15.3 Å². The van der Waals surface area contributed by atoms with Crippen molar-refractivity contribution in [2.75, 3.05) is 26.2 Å². The van der Waals surface area contributed by atoms with Crippen LogP contribution in [0, 0.1) is 6.92 Å². The molecule has 2 nitrogen and oxygen atoms in total. The summed E-state index contributed by atoms with van der Waals surface area (Å²) in [7, 11) is 0. The second-order valence-electron chi connectivity index (χ2n) is 5.36. The van der Waals surface area contributed by atoms with Crippen LogP contribution >= 0.6 is 0 Å². The van der Waals surface area contributed by atoms with Crippen LogP contribution in [-0.2, 0) is 0 Å². The van der Waals surface area contributed by atoms with E-state index in [0.717, 1.165) is 24.1 Å². The van der Waals surface area contributed by atoms with Crippen LogP contribution in [0.4, 0.5) is 13.2 Å². The van der Waals surface area contributed by atoms with Crippen molar-refractivity contribution in [1.82, 2.24) is 10.2 Å². The summed E-state index contributed by atoms with van der Waals surface area (Å²) in [5.41, 5.74) is 2.19. The molecule has 0 bridgehead atoms. The predicted octanol–water partition coefficient (Wildman–Crippen LogP) is 3.92. The van der Waals surface area contributed by atoms with Gasteiger partial charge in [0, 0.05) is 12.6 Å². The molecule has 0 saturated heterocycles. The lowest BCUT2D eigenvalue weighted by Gasteiger charge is -2.28. The van der Waals surface area contributed by atoms with E-state index >= 15 is 0 Å². The molecular formula is C16H25F3N2. The third-order valence-electron chi connectivity index (χ3n) is 3.41. The summed E-state index contributed by atoms with van der Waals surface area (Å²) in [4.78, 5) is 1.44. The summed E-state index contributed by atoms with van der Waals surface area (Å²) in [6.07, 6.45) is -3.20. The molecule has 1 unspecified atom stereocenters. The molecule has 1 N–H and O–H groups in total. The van der Waals surface area contributed by atoms with Crippen molar-refractivity contribution in [2.24, 2.45) is 0 Å². The first-order chi connectivity index (χ1) is 9.85. The Bertz CT molecular complexity index is 401. The summed E-state index contributed by atoms with van der Waals surface area (Å²) in [5, 5.41) is 3.35. The standard InChI is InChI=1S/C16H25F3N2/c1-4-10-20-15(14-8-6-13(3)7-9-14)11-21(5-2)12-16(17,18)19/h6-9,15,20H,4-5,10-12H2,1-3H3. The molecule has 0 fully saturated rings. The molecule has 21 heavy (non-hydrogen) atoms. The average Bonchev–Trinajstić information content (AvgIpc) is 2.42. The van der Waals surface area contributed by atoms with E-state index < -0.39 is 12.7 Å². The van der Waals surface area contributed by atoms with Gasteiger partial charge in [-0.25, -0.2) is 0 Å². The largest absolute Gasteiger partial charge is 0.401 e. The van der Waals surface area contributed by atoms with Crippen molar-refractivity contribution in [2.45, 2.75) is 39.4 Å². The third-order valence-corrected chi connectivity index (χ3v) is 3.41. The van der Waals surface area contributed by atoms with Crippen molar-refractivity contribution < 1.29 is 13.2 Å². The smallest absolute Gasteiger partial charge is 0.309 e. The minimum Gasteiger partial charge on any atom is -0.309 e. The Morgan fingerprint density at radius 3 is 2.24 bits per heavy atom. The highest BCUT2D eigenvalue weighted by molar-refractivity contribution is 5.24. The van der Waals surface area contributed by atoms with Crippen molar-refractivity contribution >= 4 is 0 Å². The van der Waals surface area contributed by atoms with E-state index in [1.54, 1.807) is 6.92 Å². The molecule has 1 atom stereocenters. The minimum absolute atomic E-state index is 0.0761. The molecule has 0 radical (unpaired) electrons. The lowest BCUT2D eigenvalue weighted by atomic mass is 10.0. The fraction of sp³-hybridized carbons (Fsp3) is 0.625. The minimum atomic E-state index is -4.15. The Kier molecular flexibility index (Phi) is 7.18. The van der Waals surface area contributed by atoms with Crippen LogP contribution in [0.15, 0.2) is 24.3 Å². The number of benzene rings is 1. The molecular weight excluding hydrogens is 277 g/mol. The van der Waals surface area contributed by atoms with Crippen molar-refractivity contribution in [1.29, 1.82) is 0 Å². The molecule has 0 spiro atoms. The number of likely N-dealkylation sites (N-methyl/N-ethyl adjacent to an activating group) is 1. The molecule has 0 aliphatic carbocycles. The first kappa shape index (κ1) is 18.0. The second-order valence-corrected chi connectivity index (χ2v) is 5.36. The summed E-state index contributed by atoms with van der Waals surface area (Å²) in [5.74, 6) is 0. The van der Waals surface area contributed by atoms with E-state index in [2.05, 4.69) is 5.32 Å². The SMILES string of the molecule is CCCNC(CN(CC)CC(F)(F)F)c1ccc(C)cc1. The number of hydrogen-bond donors (Lipinski definition) is 1. The van der Waals surface area contributed by atoms with Crippen LogP contribution in [0.2, 0.25) is 0 Å². The highest BCUT2D eigenvalue weighted by atomic mass is 19.4. The van der Waals surface area contributed by atoms with Crippen molar-refractivity contribution in [3.8, 4) is 0 Å². The monoisotopic (exact) mass is 302 g/mol. The molecule has 0 amide bonds. The van der Waals surface area contributed by atoms with E-state index in [-0.39, 0.29) is 6.04 Å². The molecule has 0 aliphatic heterocycles. The molecule has 1 rings (SSSR count). The maximum atomic E-state index is 12.6. The number of nitrogens with one attached hydrogen (secondary N) is 1. The summed E-state index contributed by atoms with van der Waals surface area (Å²) >= 11 is 0. The first-order valence-corrected chi connectivity index (χ1v) is 7.44. The Morgan fingerprint density at radius 2 is 1.76 bits per heavy atom. The zero-order chi connectivity index (χ0) is 15.9. The maximum absolute atomic E-state index is 12.6. The van der Waals surface area contributed by atoms with Gasteiger partial charge in [-0.2, -0.15) is 13.2 Å². The molecule has 0 heterocycles. The van der Waals surface area contributed by atoms with E-state index in [1.165, 1.54) is 4.90 Å². The molecule has 0 saturated carbocycles. The van der Waals surface area contributed by atoms with Gasteiger partial charge in [0.1, 0.15) is 0 Å². The van der Waals surface area contributed by atoms with Gasteiger partial charge in [-0.3, -0.25) is 4.90 Å². The van der Waals surface area contributed by atoms with Crippen molar-refractivity contribution in [3.63, 3.8) is 0 Å². The van der Waals surface area contributed by atoms with Gasteiger partial charge in [-0.1, -0.05) is 43.7 Å². The lowest BCUT2D eigenvalue weighted by Crippen LogP contribution is -2.40. The van der Waals surface area contributed by atoms with Gasteiger partial charge in [0.15, 0.2) is 0 Å². The fourth-order valence-corrected chi connectivity index (χ4v) is 2.22. The summed E-state index contributed by atoms with van der Waals surface area (Å²) in [6, 6.07) is 7.90. The van der Waals surface area contributed by atoms with E-state index in [4.69, 9.17) is 0 Å². The van der Waals surface area contributed by atoms with E-state index in [1.807, 2.05) is 38.1 Å². The molecule has 1 aromatic carbocycles. The van der Waals surface area contributed by atoms with Crippen molar-refractivity contribution in [3.05, 3.63) is 35.4 Å². The Labute approximate surface area is 125 Å². The van der Waals surface area contributed by atoms with Gasteiger partial charge in [0.05, 0.1) is 6.54 Å². The van der Waals surface area contributed by atoms with E-state index in [9.17, 15) is 13.2 Å². The van der Waals surface area contributed by atoms with Crippen LogP contribution in [0.3, 0.4) is 0 Å². The lowest BCUT2D eigenvalue weighted by molar-refractivity contribution is -0.146. The molecule has 0 aromatic heterocycles. The number of halogens is 3. The number of hydrogen-bond acceptors (Lipinski definition) is 2.